The molecule has 2 fully saturated rings. The van der Waals surface area contributed by atoms with Crippen molar-refractivity contribution in [1.29, 1.82) is 0 Å². The molecule has 0 bridgehead atoms. The molecule has 0 radical (unpaired) electrons. The van der Waals surface area contributed by atoms with E-state index in [0.717, 1.165) is 37.1 Å². The lowest BCUT2D eigenvalue weighted by Crippen LogP contribution is -2.41. The standard InChI is InChI=1S/C27H37N3O3S/c28-23-5-3-4-21(16-23)17-26-25-18-24(33-15-12-29-34(31,32)19-20-6-7-20)10-8-22(25)9-11-27(26)30-13-1-2-14-30/h3-5,8,10,16,18,20,26-27,29H,1-2,6-7,9,11-15,17,19,28H2. The average Bonchev–Trinajstić information content (AvgIpc) is 3.44. The van der Waals surface area contributed by atoms with Crippen molar-refractivity contribution in [3.63, 3.8) is 0 Å². The molecule has 2 aromatic rings. The summed E-state index contributed by atoms with van der Waals surface area (Å²) < 4.78 is 32.9. The first-order valence-corrected chi connectivity index (χ1v) is 14.4. The molecule has 1 saturated heterocycles. The first kappa shape index (κ1) is 23.6. The molecule has 3 N–H and O–H groups in total. The number of nitrogens with two attached hydrogens (primary N) is 1. The van der Waals surface area contributed by atoms with Crippen LogP contribution in [0.1, 0.15) is 54.7 Å². The number of aryl methyl sites for hydroxylation is 1. The number of sulfonamides is 1. The average molecular weight is 484 g/mol. The summed E-state index contributed by atoms with van der Waals surface area (Å²) in [6, 6.07) is 15.2. The van der Waals surface area contributed by atoms with Crippen molar-refractivity contribution < 1.29 is 13.2 Å². The van der Waals surface area contributed by atoms with Crippen LogP contribution in [0.2, 0.25) is 0 Å². The fraction of sp³-hybridized carbons (Fsp3) is 0.556. The van der Waals surface area contributed by atoms with Gasteiger partial charge in [0.15, 0.2) is 0 Å². The highest BCUT2D eigenvalue weighted by Crippen LogP contribution is 2.40. The van der Waals surface area contributed by atoms with Crippen LogP contribution >= 0.6 is 0 Å². The van der Waals surface area contributed by atoms with Crippen LogP contribution in [0.3, 0.4) is 0 Å². The maximum atomic E-state index is 12.1. The zero-order chi connectivity index (χ0) is 23.5. The van der Waals surface area contributed by atoms with Gasteiger partial charge in [0.2, 0.25) is 10.0 Å². The molecule has 5 rings (SSSR count). The zero-order valence-electron chi connectivity index (χ0n) is 19.9. The van der Waals surface area contributed by atoms with Gasteiger partial charge in [0.1, 0.15) is 12.4 Å². The minimum atomic E-state index is -3.20. The maximum Gasteiger partial charge on any atom is 0.211 e. The van der Waals surface area contributed by atoms with E-state index in [1.54, 1.807) is 0 Å². The number of hydrogen-bond donors (Lipinski definition) is 2. The molecule has 0 spiro atoms. The van der Waals surface area contributed by atoms with Gasteiger partial charge >= 0.3 is 0 Å². The number of nitrogens with one attached hydrogen (secondary N) is 1. The number of likely N-dealkylation sites (tertiary alicyclic amines) is 1. The molecule has 1 aliphatic heterocycles. The molecular weight excluding hydrogens is 446 g/mol. The first-order chi connectivity index (χ1) is 16.5. The van der Waals surface area contributed by atoms with Gasteiger partial charge in [-0.2, -0.15) is 0 Å². The summed E-state index contributed by atoms with van der Waals surface area (Å²) in [6.07, 6.45) is 7.86. The van der Waals surface area contributed by atoms with Crippen molar-refractivity contribution in [2.75, 3.05) is 37.7 Å². The van der Waals surface area contributed by atoms with E-state index in [9.17, 15) is 8.42 Å². The number of rotatable bonds is 10. The normalized spacial score (nSPS) is 23.1. The second kappa shape index (κ2) is 10.3. The third-order valence-corrected chi connectivity index (χ3v) is 9.11. The summed E-state index contributed by atoms with van der Waals surface area (Å²) in [5.41, 5.74) is 11.0. The van der Waals surface area contributed by atoms with E-state index in [4.69, 9.17) is 10.5 Å². The van der Waals surface area contributed by atoms with Crippen LogP contribution in [-0.2, 0) is 22.9 Å². The van der Waals surface area contributed by atoms with Crippen LogP contribution in [0.25, 0.3) is 0 Å². The Kier molecular flexibility index (Phi) is 7.14. The topological polar surface area (TPSA) is 84.7 Å². The Morgan fingerprint density at radius 2 is 1.88 bits per heavy atom. The Balaban J connectivity index is 1.30. The Morgan fingerprint density at radius 3 is 2.65 bits per heavy atom. The molecule has 1 heterocycles. The smallest absolute Gasteiger partial charge is 0.211 e. The van der Waals surface area contributed by atoms with E-state index in [1.807, 2.05) is 18.2 Å². The minimum Gasteiger partial charge on any atom is -0.492 e. The molecule has 0 amide bonds. The Morgan fingerprint density at radius 1 is 1.06 bits per heavy atom. The SMILES string of the molecule is Nc1cccc(CC2c3cc(OCCNS(=O)(=O)CC4CC4)ccc3CCC2N2CCCC2)c1. The van der Waals surface area contributed by atoms with Gasteiger partial charge in [-0.25, -0.2) is 13.1 Å². The Hall–Kier alpha value is -2.09. The first-order valence-electron chi connectivity index (χ1n) is 12.8. The molecule has 7 heteroatoms. The molecule has 0 aromatic heterocycles. The molecule has 34 heavy (non-hydrogen) atoms. The largest absolute Gasteiger partial charge is 0.492 e. The predicted octanol–water partition coefficient (Wildman–Crippen LogP) is 3.71. The van der Waals surface area contributed by atoms with Gasteiger partial charge < -0.3 is 10.5 Å². The number of ether oxygens (including phenoxy) is 1. The Labute approximate surface area is 203 Å². The number of benzene rings is 2. The molecule has 3 aliphatic rings. The van der Waals surface area contributed by atoms with Crippen molar-refractivity contribution in [3.8, 4) is 5.75 Å². The van der Waals surface area contributed by atoms with Crippen LogP contribution in [0, 0.1) is 5.92 Å². The third-order valence-electron chi connectivity index (χ3n) is 7.55. The summed E-state index contributed by atoms with van der Waals surface area (Å²) >= 11 is 0. The van der Waals surface area contributed by atoms with Crippen LogP contribution in [-0.4, -0.2) is 51.4 Å². The summed E-state index contributed by atoms with van der Waals surface area (Å²) in [6.45, 7) is 3.00. The second-order valence-corrected chi connectivity index (χ2v) is 12.1. The van der Waals surface area contributed by atoms with Crippen molar-refractivity contribution in [2.45, 2.75) is 56.9 Å². The van der Waals surface area contributed by atoms with Gasteiger partial charge in [-0.05, 0) is 105 Å². The molecule has 1 saturated carbocycles. The van der Waals surface area contributed by atoms with Crippen LogP contribution in [0.5, 0.6) is 5.75 Å². The highest BCUT2D eigenvalue weighted by Gasteiger charge is 2.35. The second-order valence-electron chi connectivity index (χ2n) is 10.2. The fourth-order valence-corrected chi connectivity index (χ4v) is 7.16. The van der Waals surface area contributed by atoms with Crippen LogP contribution in [0.4, 0.5) is 5.69 Å². The van der Waals surface area contributed by atoms with Crippen LogP contribution in [0.15, 0.2) is 42.5 Å². The van der Waals surface area contributed by atoms with Gasteiger partial charge in [0, 0.05) is 24.2 Å². The summed E-state index contributed by atoms with van der Waals surface area (Å²) in [5, 5.41) is 0. The Bertz CT molecular complexity index is 1090. The monoisotopic (exact) mass is 483 g/mol. The van der Waals surface area contributed by atoms with Crippen molar-refractivity contribution in [1.82, 2.24) is 9.62 Å². The number of fused-ring (bicyclic) bond motifs is 1. The van der Waals surface area contributed by atoms with E-state index in [1.165, 1.54) is 49.0 Å². The quantitative estimate of drug-likeness (QED) is 0.398. The highest BCUT2D eigenvalue weighted by molar-refractivity contribution is 7.89. The maximum absolute atomic E-state index is 12.1. The van der Waals surface area contributed by atoms with E-state index in [0.29, 0.717) is 31.0 Å². The van der Waals surface area contributed by atoms with Crippen LogP contribution < -0.4 is 15.2 Å². The van der Waals surface area contributed by atoms with Crippen molar-refractivity contribution >= 4 is 15.7 Å². The number of hydrogen-bond acceptors (Lipinski definition) is 5. The number of anilines is 1. The van der Waals surface area contributed by atoms with Gasteiger partial charge in [0.25, 0.3) is 0 Å². The van der Waals surface area contributed by atoms with Gasteiger partial charge in [-0.3, -0.25) is 4.90 Å². The lowest BCUT2D eigenvalue weighted by Gasteiger charge is -2.39. The van der Waals surface area contributed by atoms with E-state index in [-0.39, 0.29) is 5.75 Å². The molecule has 2 aliphatic carbocycles. The van der Waals surface area contributed by atoms with Gasteiger partial charge in [-0.1, -0.05) is 18.2 Å². The predicted molar refractivity (Wildman–Crippen MR) is 137 cm³/mol. The molecule has 2 unspecified atom stereocenters. The summed E-state index contributed by atoms with van der Waals surface area (Å²) in [7, 11) is -3.20. The summed E-state index contributed by atoms with van der Waals surface area (Å²) in [4.78, 5) is 2.68. The zero-order valence-corrected chi connectivity index (χ0v) is 20.7. The van der Waals surface area contributed by atoms with Gasteiger partial charge in [-0.15, -0.1) is 0 Å². The molecule has 184 valence electrons. The minimum absolute atomic E-state index is 0.245. The lowest BCUT2D eigenvalue weighted by molar-refractivity contribution is 0.188. The van der Waals surface area contributed by atoms with E-state index >= 15 is 0 Å². The lowest BCUT2D eigenvalue weighted by atomic mass is 9.75. The van der Waals surface area contributed by atoms with Crippen molar-refractivity contribution in [2.24, 2.45) is 5.92 Å². The van der Waals surface area contributed by atoms with Gasteiger partial charge in [0.05, 0.1) is 5.75 Å². The van der Waals surface area contributed by atoms with E-state index < -0.39 is 10.0 Å². The fourth-order valence-electron chi connectivity index (χ4n) is 5.70. The summed E-state index contributed by atoms with van der Waals surface area (Å²) in [5.74, 6) is 1.80. The third kappa shape index (κ3) is 5.93. The number of nitrogens with zero attached hydrogens (tertiary/aromatic N) is 1. The highest BCUT2D eigenvalue weighted by atomic mass is 32.2. The molecule has 6 nitrogen and oxygen atoms in total. The van der Waals surface area contributed by atoms with E-state index in [2.05, 4.69) is 33.9 Å². The number of nitrogen functional groups attached to an aromatic ring is 1. The molecule has 2 aromatic carbocycles. The molecular formula is C27H37N3O3S. The van der Waals surface area contributed by atoms with Crippen molar-refractivity contribution in [3.05, 3.63) is 59.2 Å². The molecule has 2 atom stereocenters.